The standard InChI is InChI=1S/C15H16ClN3OS/c1-10-4-2-3-5-11(10)13(20)9-17-8-12-14(16)18-15-19(12)6-7-21-15/h2-7,13,17,20H,8-9H2,1H3. The third kappa shape index (κ3) is 2.96. The van der Waals surface area contributed by atoms with Gasteiger partial charge in [0.1, 0.15) is 0 Å². The predicted octanol–water partition coefficient (Wildman–Crippen LogP) is 3.18. The van der Waals surface area contributed by atoms with Crippen LogP contribution in [0, 0.1) is 6.92 Å². The number of aryl methyl sites for hydroxylation is 1. The van der Waals surface area contributed by atoms with Crippen LogP contribution in [0.5, 0.6) is 0 Å². The van der Waals surface area contributed by atoms with Crippen LogP contribution < -0.4 is 5.32 Å². The summed E-state index contributed by atoms with van der Waals surface area (Å²) in [5.41, 5.74) is 2.96. The molecule has 2 heterocycles. The Kier molecular flexibility index (Phi) is 4.26. The topological polar surface area (TPSA) is 49.6 Å². The molecule has 0 saturated carbocycles. The minimum atomic E-state index is -0.532. The molecule has 0 aliphatic carbocycles. The third-order valence-electron chi connectivity index (χ3n) is 3.49. The first-order valence-corrected chi connectivity index (χ1v) is 7.97. The molecule has 0 radical (unpaired) electrons. The van der Waals surface area contributed by atoms with Crippen LogP contribution in [0.2, 0.25) is 5.15 Å². The van der Waals surface area contributed by atoms with E-state index in [1.165, 1.54) is 0 Å². The highest BCUT2D eigenvalue weighted by Crippen LogP contribution is 2.21. The number of aliphatic hydroxyl groups is 1. The van der Waals surface area contributed by atoms with Crippen molar-refractivity contribution in [2.75, 3.05) is 6.54 Å². The summed E-state index contributed by atoms with van der Waals surface area (Å²) in [6.07, 6.45) is 1.42. The molecule has 110 valence electrons. The number of aliphatic hydroxyl groups excluding tert-OH is 1. The van der Waals surface area contributed by atoms with Crippen LogP contribution in [0.4, 0.5) is 0 Å². The van der Waals surface area contributed by atoms with E-state index in [0.29, 0.717) is 18.2 Å². The van der Waals surface area contributed by atoms with E-state index < -0.39 is 6.10 Å². The molecular weight excluding hydrogens is 306 g/mol. The van der Waals surface area contributed by atoms with Gasteiger partial charge in [0, 0.05) is 24.7 Å². The summed E-state index contributed by atoms with van der Waals surface area (Å²) in [7, 11) is 0. The molecule has 2 N–H and O–H groups in total. The van der Waals surface area contributed by atoms with Crippen LogP contribution in [0.1, 0.15) is 22.9 Å². The number of nitrogens with zero attached hydrogens (tertiary/aromatic N) is 2. The second-order valence-electron chi connectivity index (χ2n) is 4.91. The predicted molar refractivity (Wildman–Crippen MR) is 85.9 cm³/mol. The summed E-state index contributed by atoms with van der Waals surface area (Å²) in [6, 6.07) is 7.86. The van der Waals surface area contributed by atoms with E-state index >= 15 is 0 Å². The highest BCUT2D eigenvalue weighted by Gasteiger charge is 2.13. The van der Waals surface area contributed by atoms with Gasteiger partial charge in [-0.05, 0) is 18.1 Å². The Morgan fingerprint density at radius 1 is 1.43 bits per heavy atom. The minimum absolute atomic E-state index is 0.471. The minimum Gasteiger partial charge on any atom is -0.387 e. The Labute approximate surface area is 132 Å². The van der Waals surface area contributed by atoms with Gasteiger partial charge in [-0.2, -0.15) is 0 Å². The lowest BCUT2D eigenvalue weighted by atomic mass is 10.0. The van der Waals surface area contributed by atoms with Gasteiger partial charge in [0.05, 0.1) is 11.8 Å². The lowest BCUT2D eigenvalue weighted by Crippen LogP contribution is -2.22. The Hall–Kier alpha value is -1.40. The van der Waals surface area contributed by atoms with Crippen LogP contribution in [-0.4, -0.2) is 21.0 Å². The number of aromatic nitrogens is 2. The lowest BCUT2D eigenvalue weighted by Gasteiger charge is -2.14. The van der Waals surface area contributed by atoms with E-state index in [0.717, 1.165) is 21.8 Å². The molecule has 0 amide bonds. The number of imidazole rings is 1. The Balaban J connectivity index is 1.65. The van der Waals surface area contributed by atoms with Crippen LogP contribution in [0.25, 0.3) is 4.96 Å². The van der Waals surface area contributed by atoms with Crippen molar-refractivity contribution in [1.82, 2.24) is 14.7 Å². The number of rotatable bonds is 5. The molecule has 0 bridgehead atoms. The average Bonchev–Trinajstić information content (AvgIpc) is 3.01. The first-order valence-electron chi connectivity index (χ1n) is 6.71. The zero-order chi connectivity index (χ0) is 14.8. The van der Waals surface area contributed by atoms with Gasteiger partial charge in [0.2, 0.25) is 0 Å². The largest absolute Gasteiger partial charge is 0.387 e. The van der Waals surface area contributed by atoms with Crippen molar-refractivity contribution in [2.24, 2.45) is 0 Å². The molecule has 1 aromatic carbocycles. The molecule has 0 spiro atoms. The molecule has 6 heteroatoms. The van der Waals surface area contributed by atoms with Gasteiger partial charge in [-0.25, -0.2) is 4.98 Å². The van der Waals surface area contributed by atoms with Crippen molar-refractivity contribution in [3.05, 3.63) is 57.8 Å². The first kappa shape index (κ1) is 14.5. The van der Waals surface area contributed by atoms with Crippen molar-refractivity contribution in [1.29, 1.82) is 0 Å². The van der Waals surface area contributed by atoms with Gasteiger partial charge in [-0.3, -0.25) is 4.40 Å². The van der Waals surface area contributed by atoms with Crippen LogP contribution >= 0.6 is 22.9 Å². The number of halogens is 1. The Bertz CT molecular complexity index is 752. The second-order valence-corrected chi connectivity index (χ2v) is 6.14. The second kappa shape index (κ2) is 6.15. The van der Waals surface area contributed by atoms with Crippen molar-refractivity contribution < 1.29 is 5.11 Å². The van der Waals surface area contributed by atoms with E-state index in [2.05, 4.69) is 10.3 Å². The van der Waals surface area contributed by atoms with Crippen LogP contribution in [0.15, 0.2) is 35.8 Å². The van der Waals surface area contributed by atoms with Crippen LogP contribution in [-0.2, 0) is 6.54 Å². The van der Waals surface area contributed by atoms with E-state index in [1.807, 2.05) is 47.2 Å². The van der Waals surface area contributed by atoms with Crippen LogP contribution in [0.3, 0.4) is 0 Å². The average molecular weight is 322 g/mol. The van der Waals surface area contributed by atoms with Gasteiger partial charge in [0.15, 0.2) is 10.1 Å². The summed E-state index contributed by atoms with van der Waals surface area (Å²) >= 11 is 7.69. The van der Waals surface area contributed by atoms with E-state index in [4.69, 9.17) is 11.6 Å². The summed E-state index contributed by atoms with van der Waals surface area (Å²) < 4.78 is 1.97. The fourth-order valence-electron chi connectivity index (χ4n) is 2.36. The summed E-state index contributed by atoms with van der Waals surface area (Å²) in [5.74, 6) is 0. The SMILES string of the molecule is Cc1ccccc1C(O)CNCc1c(Cl)nc2sccn12. The maximum Gasteiger partial charge on any atom is 0.195 e. The van der Waals surface area contributed by atoms with E-state index in [-0.39, 0.29) is 0 Å². The third-order valence-corrected chi connectivity index (χ3v) is 4.55. The van der Waals surface area contributed by atoms with Crippen molar-refractivity contribution in [3.63, 3.8) is 0 Å². The molecule has 1 unspecified atom stereocenters. The highest BCUT2D eigenvalue weighted by molar-refractivity contribution is 7.15. The van der Waals surface area contributed by atoms with Gasteiger partial charge < -0.3 is 10.4 Å². The fourth-order valence-corrected chi connectivity index (χ4v) is 3.38. The number of hydrogen-bond donors (Lipinski definition) is 2. The zero-order valence-corrected chi connectivity index (χ0v) is 13.2. The van der Waals surface area contributed by atoms with Crippen molar-refractivity contribution in [3.8, 4) is 0 Å². The highest BCUT2D eigenvalue weighted by atomic mass is 35.5. The van der Waals surface area contributed by atoms with Gasteiger partial charge >= 0.3 is 0 Å². The fraction of sp³-hybridized carbons (Fsp3) is 0.267. The maximum atomic E-state index is 10.3. The monoisotopic (exact) mass is 321 g/mol. The molecule has 21 heavy (non-hydrogen) atoms. The van der Waals surface area contributed by atoms with E-state index in [9.17, 15) is 5.11 Å². The molecule has 3 rings (SSSR count). The number of nitrogens with one attached hydrogen (secondary N) is 1. The molecule has 0 aliphatic heterocycles. The van der Waals surface area contributed by atoms with Gasteiger partial charge in [0.25, 0.3) is 0 Å². The number of hydrogen-bond acceptors (Lipinski definition) is 4. The maximum absolute atomic E-state index is 10.3. The Morgan fingerprint density at radius 2 is 2.24 bits per heavy atom. The summed E-state index contributed by atoms with van der Waals surface area (Å²) in [6.45, 7) is 3.04. The molecule has 0 saturated heterocycles. The molecular formula is C15H16ClN3OS. The normalized spacial score (nSPS) is 12.9. The molecule has 2 aromatic heterocycles. The van der Waals surface area contributed by atoms with Gasteiger partial charge in [-0.15, -0.1) is 11.3 Å². The molecule has 4 nitrogen and oxygen atoms in total. The zero-order valence-electron chi connectivity index (χ0n) is 11.6. The lowest BCUT2D eigenvalue weighted by molar-refractivity contribution is 0.173. The summed E-state index contributed by atoms with van der Waals surface area (Å²) in [4.78, 5) is 5.17. The van der Waals surface area contributed by atoms with Crippen molar-refractivity contribution in [2.45, 2.75) is 19.6 Å². The molecule has 0 fully saturated rings. The van der Waals surface area contributed by atoms with Crippen molar-refractivity contribution >= 4 is 27.9 Å². The molecule has 0 aliphatic rings. The number of benzene rings is 1. The van der Waals surface area contributed by atoms with E-state index in [1.54, 1.807) is 11.3 Å². The number of thiazole rings is 1. The molecule has 1 atom stereocenters. The van der Waals surface area contributed by atoms with Gasteiger partial charge in [-0.1, -0.05) is 35.9 Å². The smallest absolute Gasteiger partial charge is 0.195 e. The summed E-state index contributed by atoms with van der Waals surface area (Å²) in [5, 5.41) is 16.0. The molecule has 3 aromatic rings. The quantitative estimate of drug-likeness (QED) is 0.759. The Morgan fingerprint density at radius 3 is 3.05 bits per heavy atom. The first-order chi connectivity index (χ1) is 10.2. The number of fused-ring (bicyclic) bond motifs is 1.